The molecule has 0 amide bonds. The number of hydrogen-bond donors (Lipinski definition) is 0. The fourth-order valence-electron chi connectivity index (χ4n) is 0.405. The van der Waals surface area contributed by atoms with Crippen molar-refractivity contribution < 1.29 is 4.79 Å². The highest BCUT2D eigenvalue weighted by Gasteiger charge is 1.91. The van der Waals surface area contributed by atoms with Crippen LogP contribution in [0.5, 0.6) is 0 Å². The predicted molar refractivity (Wildman–Crippen MR) is 44.6 cm³/mol. The van der Waals surface area contributed by atoms with E-state index in [1.54, 1.807) is 12.2 Å². The molecule has 0 N–H and O–H groups in total. The number of carbonyl (C=O) groups is 1. The van der Waals surface area contributed by atoms with Crippen molar-refractivity contribution in [1.82, 2.24) is 0 Å². The number of rotatable bonds is 4. The van der Waals surface area contributed by atoms with Gasteiger partial charge in [0.05, 0.1) is 8.41 Å². The maximum absolute atomic E-state index is 10.5. The molecule has 0 saturated heterocycles. The van der Waals surface area contributed by atoms with Gasteiger partial charge in [0, 0.05) is 12.8 Å². The van der Waals surface area contributed by atoms with E-state index >= 15 is 0 Å². The lowest BCUT2D eigenvalue weighted by atomic mass is 10.2. The molecule has 0 rings (SSSR count). The van der Waals surface area contributed by atoms with E-state index in [9.17, 15) is 4.79 Å². The van der Waals surface area contributed by atoms with Crippen LogP contribution >= 0.6 is 0 Å². The first-order valence-corrected chi connectivity index (χ1v) is 2.54. The summed E-state index contributed by atoms with van der Waals surface area (Å²) >= 11 is 0. The quantitative estimate of drug-likeness (QED) is 0.394. The smallest absolute Gasteiger partial charge is 0.140 e. The van der Waals surface area contributed by atoms with Gasteiger partial charge in [-0.05, 0) is 0 Å². The van der Waals surface area contributed by atoms with E-state index in [0.717, 1.165) is 0 Å². The van der Waals surface area contributed by atoms with E-state index in [-0.39, 0.29) is 14.2 Å². The molecular formula is C7H13BO. The summed E-state index contributed by atoms with van der Waals surface area (Å²) in [5.74, 6) is 0.176. The van der Waals surface area contributed by atoms with Crippen LogP contribution in [0, 0.1) is 0 Å². The Morgan fingerprint density at radius 2 is 1.56 bits per heavy atom. The van der Waals surface area contributed by atoms with Crippen LogP contribution in [0.1, 0.15) is 12.8 Å². The van der Waals surface area contributed by atoms with Gasteiger partial charge in [0.1, 0.15) is 5.78 Å². The fraction of sp³-hybridized carbons (Fsp3) is 0.286. The van der Waals surface area contributed by atoms with Crippen LogP contribution in [0.3, 0.4) is 0 Å². The molecule has 50 valence electrons. The van der Waals surface area contributed by atoms with Crippen molar-refractivity contribution >= 4 is 14.2 Å². The van der Waals surface area contributed by atoms with Gasteiger partial charge in [-0.1, -0.05) is 12.2 Å². The standard InChI is InChI=1S/C7H10O.BH3/c1-3-5-7(8)6-4-2;/h3-4H,1-2,5-6H2;1H3. The molecule has 0 aromatic carbocycles. The summed E-state index contributed by atoms with van der Waals surface area (Å²) in [6.45, 7) is 6.86. The molecule has 0 aliphatic carbocycles. The van der Waals surface area contributed by atoms with Crippen molar-refractivity contribution in [2.45, 2.75) is 12.8 Å². The Bertz CT molecular complexity index is 95.5. The van der Waals surface area contributed by atoms with E-state index in [4.69, 9.17) is 0 Å². The summed E-state index contributed by atoms with van der Waals surface area (Å²) in [5, 5.41) is 0. The van der Waals surface area contributed by atoms with Crippen LogP contribution in [0.2, 0.25) is 0 Å². The van der Waals surface area contributed by atoms with Crippen LogP contribution in [0.15, 0.2) is 25.3 Å². The van der Waals surface area contributed by atoms with Gasteiger partial charge in [-0.2, -0.15) is 0 Å². The second-order valence-electron chi connectivity index (χ2n) is 1.52. The van der Waals surface area contributed by atoms with Gasteiger partial charge < -0.3 is 0 Å². The van der Waals surface area contributed by atoms with Gasteiger partial charge in [-0.3, -0.25) is 4.79 Å². The molecule has 0 aliphatic heterocycles. The SMILES string of the molecule is B.C=CCC(=O)CC=C. The summed E-state index contributed by atoms with van der Waals surface area (Å²) in [7, 11) is 0. The molecule has 1 nitrogen and oxygen atoms in total. The van der Waals surface area contributed by atoms with Crippen molar-refractivity contribution in [2.24, 2.45) is 0 Å². The third-order valence-corrected chi connectivity index (χ3v) is 0.744. The molecule has 0 unspecified atom stereocenters. The molecule has 0 fully saturated rings. The number of hydrogen-bond acceptors (Lipinski definition) is 1. The Morgan fingerprint density at radius 3 is 1.78 bits per heavy atom. The highest BCUT2D eigenvalue weighted by atomic mass is 16.1. The Morgan fingerprint density at radius 1 is 1.22 bits per heavy atom. The Kier molecular flexibility index (Phi) is 8.88. The second kappa shape index (κ2) is 7.21. The largest absolute Gasteiger partial charge is 0.299 e. The molecule has 0 bridgehead atoms. The maximum atomic E-state index is 10.5. The zero-order chi connectivity index (χ0) is 6.41. The van der Waals surface area contributed by atoms with Gasteiger partial charge in [-0.25, -0.2) is 0 Å². The van der Waals surface area contributed by atoms with E-state index in [0.29, 0.717) is 12.8 Å². The molecule has 0 saturated carbocycles. The molecule has 0 heterocycles. The van der Waals surface area contributed by atoms with Crippen LogP contribution in [-0.2, 0) is 4.79 Å². The maximum Gasteiger partial charge on any atom is 0.140 e. The van der Waals surface area contributed by atoms with Crippen molar-refractivity contribution in [3.63, 3.8) is 0 Å². The number of allylic oxidation sites excluding steroid dienone is 2. The minimum atomic E-state index is 0. The molecule has 0 radical (unpaired) electrons. The monoisotopic (exact) mass is 124 g/mol. The van der Waals surface area contributed by atoms with E-state index in [1.807, 2.05) is 0 Å². The van der Waals surface area contributed by atoms with Gasteiger partial charge in [0.2, 0.25) is 0 Å². The Balaban J connectivity index is 0. The Hall–Kier alpha value is -0.785. The molecule has 0 aromatic heterocycles. The number of ketones is 1. The van der Waals surface area contributed by atoms with Gasteiger partial charge in [-0.15, -0.1) is 13.2 Å². The average Bonchev–Trinajstić information content (AvgIpc) is 1.68. The van der Waals surface area contributed by atoms with Crippen molar-refractivity contribution in [3.8, 4) is 0 Å². The lowest BCUT2D eigenvalue weighted by Crippen LogP contribution is -1.90. The lowest BCUT2D eigenvalue weighted by Gasteiger charge is -1.85. The fourth-order valence-corrected chi connectivity index (χ4v) is 0.405. The van der Waals surface area contributed by atoms with Crippen LogP contribution < -0.4 is 0 Å². The van der Waals surface area contributed by atoms with Crippen LogP contribution in [0.25, 0.3) is 0 Å². The molecule has 9 heavy (non-hydrogen) atoms. The lowest BCUT2D eigenvalue weighted by molar-refractivity contribution is -0.117. The summed E-state index contributed by atoms with van der Waals surface area (Å²) < 4.78 is 0. The highest BCUT2D eigenvalue weighted by Crippen LogP contribution is 1.89. The minimum Gasteiger partial charge on any atom is -0.299 e. The third kappa shape index (κ3) is 7.21. The molecule has 0 spiro atoms. The number of carbonyl (C=O) groups excluding carboxylic acids is 1. The van der Waals surface area contributed by atoms with Crippen molar-refractivity contribution in [2.75, 3.05) is 0 Å². The Labute approximate surface area is 58.0 Å². The molecular weight excluding hydrogens is 111 g/mol. The molecule has 2 heteroatoms. The minimum absolute atomic E-state index is 0. The van der Waals surface area contributed by atoms with Gasteiger partial charge in [0.15, 0.2) is 0 Å². The van der Waals surface area contributed by atoms with E-state index in [2.05, 4.69) is 13.2 Å². The van der Waals surface area contributed by atoms with Crippen molar-refractivity contribution in [1.29, 1.82) is 0 Å². The van der Waals surface area contributed by atoms with Gasteiger partial charge in [0.25, 0.3) is 0 Å². The topological polar surface area (TPSA) is 17.1 Å². The molecule has 0 aliphatic rings. The van der Waals surface area contributed by atoms with E-state index < -0.39 is 0 Å². The first-order chi connectivity index (χ1) is 3.81. The normalized spacial score (nSPS) is 7.11. The van der Waals surface area contributed by atoms with Gasteiger partial charge >= 0.3 is 0 Å². The molecule has 0 atom stereocenters. The number of Topliss-reactive ketones (excluding diaryl/α,β-unsaturated/α-hetero) is 1. The van der Waals surface area contributed by atoms with Crippen LogP contribution in [-0.4, -0.2) is 14.2 Å². The molecule has 0 aromatic rings. The zero-order valence-corrected chi connectivity index (χ0v) is 4.89. The summed E-state index contributed by atoms with van der Waals surface area (Å²) in [5.41, 5.74) is 0. The van der Waals surface area contributed by atoms with Crippen molar-refractivity contribution in [3.05, 3.63) is 25.3 Å². The average molecular weight is 124 g/mol. The summed E-state index contributed by atoms with van der Waals surface area (Å²) in [6, 6.07) is 0. The summed E-state index contributed by atoms with van der Waals surface area (Å²) in [4.78, 5) is 10.5. The first-order valence-electron chi connectivity index (χ1n) is 2.54. The first kappa shape index (κ1) is 11.1. The third-order valence-electron chi connectivity index (χ3n) is 0.744. The summed E-state index contributed by atoms with van der Waals surface area (Å²) in [6.07, 6.45) is 4.13. The van der Waals surface area contributed by atoms with Crippen LogP contribution in [0.4, 0.5) is 0 Å². The van der Waals surface area contributed by atoms with E-state index in [1.165, 1.54) is 0 Å². The predicted octanol–water partition coefficient (Wildman–Crippen LogP) is 0.524. The zero-order valence-electron chi connectivity index (χ0n) is 4.89. The second-order valence-corrected chi connectivity index (χ2v) is 1.52. The highest BCUT2D eigenvalue weighted by molar-refractivity contribution is 5.80.